The van der Waals surface area contributed by atoms with Crippen LogP contribution in [0.3, 0.4) is 0 Å². The largest absolute Gasteiger partial charge is 0.455 e. The minimum Gasteiger partial charge on any atom is -0.455 e. The molecule has 140 valence electrons. The maximum Gasteiger partial charge on any atom is 0.311 e. The average molecular weight is 407 g/mol. The highest BCUT2D eigenvalue weighted by Gasteiger charge is 2.36. The number of anilines is 2. The molecule has 1 N–H and O–H groups in total. The predicted octanol–water partition coefficient (Wildman–Crippen LogP) is 3.53. The summed E-state index contributed by atoms with van der Waals surface area (Å²) < 4.78 is 5.06. The third-order valence-electron chi connectivity index (χ3n) is 4.07. The lowest BCUT2D eigenvalue weighted by Gasteiger charge is -2.16. The Hall–Kier alpha value is -2.57. The van der Waals surface area contributed by atoms with Gasteiger partial charge in [0.05, 0.1) is 5.92 Å². The van der Waals surface area contributed by atoms with Gasteiger partial charge in [0.2, 0.25) is 5.91 Å². The monoisotopic (exact) mass is 406 g/mol. The molecule has 2 aromatic rings. The predicted molar refractivity (Wildman–Crippen MR) is 103 cm³/mol. The van der Waals surface area contributed by atoms with Crippen LogP contribution in [0.2, 0.25) is 10.0 Å². The van der Waals surface area contributed by atoms with Gasteiger partial charge in [-0.15, -0.1) is 0 Å². The minimum absolute atomic E-state index is 0.0419. The number of rotatable bonds is 5. The molecule has 0 unspecified atom stereocenters. The van der Waals surface area contributed by atoms with Gasteiger partial charge in [-0.05, 0) is 48.5 Å². The van der Waals surface area contributed by atoms with Gasteiger partial charge in [0.15, 0.2) is 6.61 Å². The maximum absolute atomic E-state index is 12.2. The summed E-state index contributed by atoms with van der Waals surface area (Å²) in [4.78, 5) is 37.8. The van der Waals surface area contributed by atoms with Crippen LogP contribution in [0.25, 0.3) is 0 Å². The van der Waals surface area contributed by atoms with Crippen molar-refractivity contribution in [2.75, 3.05) is 23.4 Å². The van der Waals surface area contributed by atoms with Gasteiger partial charge in [-0.2, -0.15) is 0 Å². The fourth-order valence-corrected chi connectivity index (χ4v) is 2.97. The number of hydrogen-bond acceptors (Lipinski definition) is 4. The van der Waals surface area contributed by atoms with Crippen LogP contribution in [-0.2, 0) is 19.1 Å². The Morgan fingerprint density at radius 2 is 1.63 bits per heavy atom. The first-order valence-corrected chi connectivity index (χ1v) is 8.96. The number of carbonyl (C=O) groups is 3. The Kier molecular flexibility index (Phi) is 5.98. The first-order valence-electron chi connectivity index (χ1n) is 8.20. The van der Waals surface area contributed by atoms with Crippen LogP contribution in [0.4, 0.5) is 11.4 Å². The second-order valence-electron chi connectivity index (χ2n) is 6.04. The van der Waals surface area contributed by atoms with Crippen LogP contribution in [0.1, 0.15) is 6.42 Å². The summed E-state index contributed by atoms with van der Waals surface area (Å²) in [5.41, 5.74) is 1.21. The van der Waals surface area contributed by atoms with Crippen molar-refractivity contribution < 1.29 is 19.1 Å². The van der Waals surface area contributed by atoms with Crippen LogP contribution in [0.15, 0.2) is 48.5 Å². The molecule has 1 aliphatic heterocycles. The summed E-state index contributed by atoms with van der Waals surface area (Å²) in [5.74, 6) is -1.84. The van der Waals surface area contributed by atoms with Gasteiger partial charge in [-0.25, -0.2) is 0 Å². The zero-order valence-electron chi connectivity index (χ0n) is 14.2. The van der Waals surface area contributed by atoms with Gasteiger partial charge >= 0.3 is 5.97 Å². The molecule has 0 radical (unpaired) electrons. The number of nitrogens with one attached hydrogen (secondary N) is 1. The molecule has 0 aromatic heterocycles. The lowest BCUT2D eigenvalue weighted by Crippen LogP contribution is -2.28. The SMILES string of the molecule is O=C(COC(=O)[C@@H]1CC(=O)N(c2ccc(Cl)cc2)C1)Nc1ccc(Cl)cc1. The van der Waals surface area contributed by atoms with Crippen molar-refractivity contribution in [3.63, 3.8) is 0 Å². The molecule has 2 amide bonds. The summed E-state index contributed by atoms with van der Waals surface area (Å²) in [6.45, 7) is -0.217. The molecular formula is C19H16Cl2N2O4. The number of ether oxygens (including phenoxy) is 1. The quantitative estimate of drug-likeness (QED) is 0.770. The second kappa shape index (κ2) is 8.41. The molecule has 2 aromatic carbocycles. The van der Waals surface area contributed by atoms with Crippen LogP contribution in [0, 0.1) is 5.92 Å². The number of nitrogens with zero attached hydrogens (tertiary/aromatic N) is 1. The van der Waals surface area contributed by atoms with E-state index in [1.807, 2.05) is 0 Å². The molecule has 8 heteroatoms. The van der Waals surface area contributed by atoms with Crippen molar-refractivity contribution in [1.82, 2.24) is 0 Å². The van der Waals surface area contributed by atoms with Crippen molar-refractivity contribution in [2.45, 2.75) is 6.42 Å². The lowest BCUT2D eigenvalue weighted by atomic mass is 10.1. The smallest absolute Gasteiger partial charge is 0.311 e. The first kappa shape index (κ1) is 19.2. The fourth-order valence-electron chi connectivity index (χ4n) is 2.72. The maximum atomic E-state index is 12.2. The average Bonchev–Trinajstić information content (AvgIpc) is 3.04. The van der Waals surface area contributed by atoms with Crippen molar-refractivity contribution in [1.29, 1.82) is 0 Å². The van der Waals surface area contributed by atoms with Crippen LogP contribution < -0.4 is 10.2 Å². The van der Waals surface area contributed by atoms with E-state index < -0.39 is 24.4 Å². The molecule has 1 fully saturated rings. The van der Waals surface area contributed by atoms with Gasteiger partial charge in [-0.3, -0.25) is 14.4 Å². The first-order chi connectivity index (χ1) is 12.9. The second-order valence-corrected chi connectivity index (χ2v) is 6.92. The summed E-state index contributed by atoms with van der Waals surface area (Å²) in [6.07, 6.45) is 0.0419. The van der Waals surface area contributed by atoms with E-state index in [1.54, 1.807) is 48.5 Å². The minimum atomic E-state index is -0.614. The molecular weight excluding hydrogens is 391 g/mol. The van der Waals surface area contributed by atoms with Crippen LogP contribution in [-0.4, -0.2) is 30.9 Å². The molecule has 3 rings (SSSR count). The molecule has 1 saturated heterocycles. The zero-order valence-corrected chi connectivity index (χ0v) is 15.7. The Balaban J connectivity index is 1.51. The molecule has 1 heterocycles. The summed E-state index contributed by atoms with van der Waals surface area (Å²) in [5, 5.41) is 3.71. The lowest BCUT2D eigenvalue weighted by molar-refractivity contribution is -0.151. The van der Waals surface area contributed by atoms with E-state index in [0.717, 1.165) is 0 Å². The number of benzene rings is 2. The molecule has 0 bridgehead atoms. The normalized spacial score (nSPS) is 16.3. The Labute approximate surface area is 166 Å². The van der Waals surface area contributed by atoms with Crippen molar-refractivity contribution in [3.05, 3.63) is 58.6 Å². The number of amides is 2. The summed E-state index contributed by atoms with van der Waals surface area (Å²) in [7, 11) is 0. The summed E-state index contributed by atoms with van der Waals surface area (Å²) in [6, 6.07) is 13.3. The standard InChI is InChI=1S/C19H16Cl2N2O4/c20-13-1-5-15(6-2-13)22-17(24)11-27-19(26)12-9-18(25)23(10-12)16-7-3-14(21)4-8-16/h1-8,12H,9-11H2,(H,22,24)/t12-/m1/s1. The van der Waals surface area contributed by atoms with E-state index in [0.29, 0.717) is 21.4 Å². The van der Waals surface area contributed by atoms with E-state index in [9.17, 15) is 14.4 Å². The zero-order chi connectivity index (χ0) is 19.4. The third kappa shape index (κ3) is 4.99. The molecule has 0 spiro atoms. The van der Waals surface area contributed by atoms with Crippen LogP contribution >= 0.6 is 23.2 Å². The number of carbonyl (C=O) groups excluding carboxylic acids is 3. The van der Waals surface area contributed by atoms with Crippen molar-refractivity contribution in [3.8, 4) is 0 Å². The number of esters is 1. The fraction of sp³-hybridized carbons (Fsp3) is 0.211. The molecule has 1 aliphatic rings. The molecule has 27 heavy (non-hydrogen) atoms. The van der Waals surface area contributed by atoms with Gasteiger partial charge < -0.3 is 15.0 Å². The van der Waals surface area contributed by atoms with Crippen molar-refractivity contribution >= 4 is 52.4 Å². The topological polar surface area (TPSA) is 75.7 Å². The van der Waals surface area contributed by atoms with Gasteiger partial charge in [0.1, 0.15) is 0 Å². The molecule has 1 atom stereocenters. The summed E-state index contributed by atoms with van der Waals surface area (Å²) >= 11 is 11.6. The highest BCUT2D eigenvalue weighted by molar-refractivity contribution is 6.31. The van der Waals surface area contributed by atoms with Crippen molar-refractivity contribution in [2.24, 2.45) is 5.92 Å². The third-order valence-corrected chi connectivity index (χ3v) is 4.57. The highest BCUT2D eigenvalue weighted by atomic mass is 35.5. The Morgan fingerprint density at radius 1 is 1.04 bits per heavy atom. The van der Waals surface area contributed by atoms with Gasteiger partial charge in [0.25, 0.3) is 5.91 Å². The number of halogens is 2. The Morgan fingerprint density at radius 3 is 2.26 bits per heavy atom. The van der Waals surface area contributed by atoms with Gasteiger partial charge in [-0.1, -0.05) is 23.2 Å². The van der Waals surface area contributed by atoms with Crippen LogP contribution in [0.5, 0.6) is 0 Å². The number of hydrogen-bond donors (Lipinski definition) is 1. The highest BCUT2D eigenvalue weighted by Crippen LogP contribution is 2.27. The van der Waals surface area contributed by atoms with Gasteiger partial charge in [0, 0.05) is 34.4 Å². The Bertz CT molecular complexity index is 853. The van der Waals surface area contributed by atoms with E-state index in [1.165, 1.54) is 4.90 Å². The van der Waals surface area contributed by atoms with E-state index in [2.05, 4.69) is 5.32 Å². The van der Waals surface area contributed by atoms with E-state index in [-0.39, 0.29) is 18.9 Å². The van der Waals surface area contributed by atoms with E-state index >= 15 is 0 Å². The molecule has 6 nitrogen and oxygen atoms in total. The molecule has 0 saturated carbocycles. The van der Waals surface area contributed by atoms with E-state index in [4.69, 9.17) is 27.9 Å². The molecule has 0 aliphatic carbocycles.